The van der Waals surface area contributed by atoms with E-state index in [9.17, 15) is 5.11 Å². The van der Waals surface area contributed by atoms with E-state index in [-0.39, 0.29) is 11.5 Å². The molecule has 1 aromatic carbocycles. The van der Waals surface area contributed by atoms with Crippen LogP contribution in [-0.2, 0) is 0 Å². The fourth-order valence-electron chi connectivity index (χ4n) is 1.89. The lowest BCUT2D eigenvalue weighted by Crippen LogP contribution is -2.09. The van der Waals surface area contributed by atoms with Crippen molar-refractivity contribution in [2.24, 2.45) is 5.41 Å². The molecule has 0 radical (unpaired) electrons. The minimum Gasteiger partial charge on any atom is -0.388 e. The molecular weight excluding hydrogens is 276 g/mol. The predicted molar refractivity (Wildman–Crippen MR) is 77.3 cm³/mol. The molecule has 0 bridgehead atoms. The second-order valence-corrected chi connectivity index (χ2v) is 6.93. The Hall–Kier alpha value is -0.340. The number of hydrogen-bond acceptors (Lipinski definition) is 1. The highest BCUT2D eigenvalue weighted by Gasteiger charge is 2.16. The van der Waals surface area contributed by atoms with Gasteiger partial charge in [-0.15, -0.1) is 0 Å². The highest BCUT2D eigenvalue weighted by Crippen LogP contribution is 2.31. The maximum atomic E-state index is 10.3. The van der Waals surface area contributed by atoms with Crippen LogP contribution in [0.5, 0.6) is 0 Å². The van der Waals surface area contributed by atoms with E-state index in [0.29, 0.717) is 0 Å². The van der Waals surface area contributed by atoms with Gasteiger partial charge in [0.1, 0.15) is 0 Å². The van der Waals surface area contributed by atoms with E-state index in [1.165, 1.54) is 5.56 Å². The molecule has 1 rings (SSSR count). The lowest BCUT2D eigenvalue weighted by atomic mass is 9.87. The number of aryl methyl sites for hydroxylation is 2. The minimum atomic E-state index is -0.346. The van der Waals surface area contributed by atoms with Gasteiger partial charge in [-0.05, 0) is 54.9 Å². The third-order valence-electron chi connectivity index (χ3n) is 3.07. The molecule has 0 aromatic heterocycles. The van der Waals surface area contributed by atoms with Crippen LogP contribution in [0.25, 0.3) is 0 Å². The zero-order valence-electron chi connectivity index (χ0n) is 11.5. The Labute approximate surface area is 113 Å². The number of rotatable bonds is 3. The first kappa shape index (κ1) is 14.7. The Morgan fingerprint density at radius 3 is 2.29 bits per heavy atom. The summed E-state index contributed by atoms with van der Waals surface area (Å²) in [6.07, 6.45) is 1.51. The van der Waals surface area contributed by atoms with Gasteiger partial charge in [0.2, 0.25) is 0 Å². The molecule has 0 spiro atoms. The van der Waals surface area contributed by atoms with Gasteiger partial charge < -0.3 is 5.11 Å². The van der Waals surface area contributed by atoms with Gasteiger partial charge in [0.05, 0.1) is 6.10 Å². The van der Waals surface area contributed by atoms with Gasteiger partial charge in [-0.2, -0.15) is 0 Å². The van der Waals surface area contributed by atoms with Gasteiger partial charge in [0, 0.05) is 4.47 Å². The molecule has 0 amide bonds. The monoisotopic (exact) mass is 298 g/mol. The molecule has 1 N–H and O–H groups in total. The van der Waals surface area contributed by atoms with Gasteiger partial charge in [-0.1, -0.05) is 42.8 Å². The maximum Gasteiger partial charge on any atom is 0.0792 e. The fourth-order valence-corrected chi connectivity index (χ4v) is 2.35. The van der Waals surface area contributed by atoms with Crippen molar-refractivity contribution >= 4 is 15.9 Å². The molecule has 0 saturated heterocycles. The maximum absolute atomic E-state index is 10.3. The second-order valence-electron chi connectivity index (χ2n) is 6.07. The summed E-state index contributed by atoms with van der Waals surface area (Å²) in [5.74, 6) is 0. The van der Waals surface area contributed by atoms with Crippen LogP contribution in [0, 0.1) is 19.3 Å². The van der Waals surface area contributed by atoms with Crippen LogP contribution in [0.3, 0.4) is 0 Å². The topological polar surface area (TPSA) is 20.2 Å². The van der Waals surface area contributed by atoms with Gasteiger partial charge in [-0.25, -0.2) is 0 Å². The largest absolute Gasteiger partial charge is 0.388 e. The third-order valence-corrected chi connectivity index (χ3v) is 3.93. The van der Waals surface area contributed by atoms with Crippen molar-refractivity contribution in [2.75, 3.05) is 0 Å². The van der Waals surface area contributed by atoms with Crippen LogP contribution in [0.1, 0.15) is 56.4 Å². The van der Waals surface area contributed by atoms with Crippen molar-refractivity contribution in [3.63, 3.8) is 0 Å². The molecular formula is C15H23BrO. The SMILES string of the molecule is Cc1cc(C(O)CCC(C)(C)C)c(C)cc1Br. The van der Waals surface area contributed by atoms with Crippen molar-refractivity contribution in [3.8, 4) is 0 Å². The minimum absolute atomic E-state index is 0.277. The average molecular weight is 299 g/mol. The van der Waals surface area contributed by atoms with Crippen LogP contribution < -0.4 is 0 Å². The van der Waals surface area contributed by atoms with E-state index >= 15 is 0 Å². The van der Waals surface area contributed by atoms with Crippen LogP contribution in [0.2, 0.25) is 0 Å². The molecule has 0 aliphatic carbocycles. The highest BCUT2D eigenvalue weighted by molar-refractivity contribution is 9.10. The summed E-state index contributed by atoms with van der Waals surface area (Å²) in [4.78, 5) is 0. The van der Waals surface area contributed by atoms with E-state index < -0.39 is 0 Å². The fraction of sp³-hybridized carbons (Fsp3) is 0.600. The van der Waals surface area contributed by atoms with E-state index in [2.05, 4.69) is 62.7 Å². The van der Waals surface area contributed by atoms with Crippen LogP contribution in [0.15, 0.2) is 16.6 Å². The van der Waals surface area contributed by atoms with Gasteiger partial charge in [0.25, 0.3) is 0 Å². The quantitative estimate of drug-likeness (QED) is 0.839. The van der Waals surface area contributed by atoms with Crippen LogP contribution in [0.4, 0.5) is 0 Å². The molecule has 1 nitrogen and oxygen atoms in total. The Morgan fingerprint density at radius 2 is 1.76 bits per heavy atom. The van der Waals surface area contributed by atoms with Crippen LogP contribution in [-0.4, -0.2) is 5.11 Å². The van der Waals surface area contributed by atoms with Crippen LogP contribution >= 0.6 is 15.9 Å². The Kier molecular flexibility index (Phi) is 4.79. The first-order valence-electron chi connectivity index (χ1n) is 6.15. The molecule has 1 unspecified atom stereocenters. The van der Waals surface area contributed by atoms with E-state index in [1.807, 2.05) is 0 Å². The lowest BCUT2D eigenvalue weighted by Gasteiger charge is -2.21. The normalized spacial score (nSPS) is 13.8. The molecule has 0 aliphatic heterocycles. The molecule has 1 atom stereocenters. The van der Waals surface area contributed by atoms with E-state index in [4.69, 9.17) is 0 Å². The molecule has 0 aliphatic rings. The molecule has 1 aromatic rings. The van der Waals surface area contributed by atoms with Gasteiger partial charge in [-0.3, -0.25) is 0 Å². The van der Waals surface area contributed by atoms with Crippen molar-refractivity contribution in [1.29, 1.82) is 0 Å². The second kappa shape index (κ2) is 5.53. The Bertz CT molecular complexity index is 391. The average Bonchev–Trinajstić information content (AvgIpc) is 2.19. The molecule has 0 saturated carbocycles. The Morgan fingerprint density at radius 1 is 1.18 bits per heavy atom. The number of aliphatic hydroxyl groups is 1. The summed E-state index contributed by atoms with van der Waals surface area (Å²) < 4.78 is 1.11. The van der Waals surface area contributed by atoms with Gasteiger partial charge in [0.15, 0.2) is 0 Å². The number of aliphatic hydroxyl groups excluding tert-OH is 1. The predicted octanol–water partition coefficient (Wildman–Crippen LogP) is 4.93. The van der Waals surface area contributed by atoms with Crippen molar-refractivity contribution in [2.45, 2.75) is 53.6 Å². The molecule has 96 valence electrons. The zero-order valence-corrected chi connectivity index (χ0v) is 13.1. The summed E-state index contributed by atoms with van der Waals surface area (Å²) in [7, 11) is 0. The third kappa shape index (κ3) is 4.44. The molecule has 17 heavy (non-hydrogen) atoms. The summed E-state index contributed by atoms with van der Waals surface area (Å²) in [6.45, 7) is 10.7. The lowest BCUT2D eigenvalue weighted by molar-refractivity contribution is 0.147. The highest BCUT2D eigenvalue weighted by atomic mass is 79.9. The zero-order chi connectivity index (χ0) is 13.2. The summed E-state index contributed by atoms with van der Waals surface area (Å²) in [6, 6.07) is 4.18. The van der Waals surface area contributed by atoms with E-state index in [1.54, 1.807) is 0 Å². The van der Waals surface area contributed by atoms with Crippen molar-refractivity contribution < 1.29 is 5.11 Å². The first-order valence-corrected chi connectivity index (χ1v) is 6.95. The van der Waals surface area contributed by atoms with E-state index in [0.717, 1.165) is 28.4 Å². The summed E-state index contributed by atoms with van der Waals surface area (Å²) in [5.41, 5.74) is 3.68. The Balaban J connectivity index is 2.82. The standard InChI is InChI=1S/C15H23BrO/c1-10-9-13(16)11(2)8-12(10)14(17)6-7-15(3,4)5/h8-9,14,17H,6-7H2,1-5H3. The smallest absolute Gasteiger partial charge is 0.0792 e. The molecule has 2 heteroatoms. The molecule has 0 heterocycles. The van der Waals surface area contributed by atoms with Gasteiger partial charge >= 0.3 is 0 Å². The van der Waals surface area contributed by atoms with Crippen molar-refractivity contribution in [3.05, 3.63) is 33.3 Å². The van der Waals surface area contributed by atoms with Crippen molar-refractivity contribution in [1.82, 2.24) is 0 Å². The number of hydrogen-bond donors (Lipinski definition) is 1. The summed E-state index contributed by atoms with van der Waals surface area (Å²) in [5, 5.41) is 10.3. The summed E-state index contributed by atoms with van der Waals surface area (Å²) >= 11 is 3.52. The molecule has 0 fully saturated rings. The first-order chi connectivity index (χ1) is 7.70. The number of benzene rings is 1. The number of halogens is 1.